The molecular formula is C4H9O+. The molecule has 0 saturated carbocycles. The van der Waals surface area contributed by atoms with E-state index >= 15 is 0 Å². The van der Waals surface area contributed by atoms with E-state index in [9.17, 15) is 0 Å². The Bertz CT molecular complexity index is 11.1. The topological polar surface area (TPSA) is 9.23 Å². The molecule has 0 bridgehead atoms. The monoisotopic (exact) mass is 73.1 g/mol. The summed E-state index contributed by atoms with van der Waals surface area (Å²) in [5, 5.41) is 0. The van der Waals surface area contributed by atoms with Crippen molar-refractivity contribution in [1.29, 1.82) is 0 Å². The van der Waals surface area contributed by atoms with Crippen LogP contribution in [0.15, 0.2) is 0 Å². The van der Waals surface area contributed by atoms with Gasteiger partial charge in [-0.2, -0.15) is 0 Å². The standard InChI is InChI=1S/C4H9O/c1-3-5-4-2/h1,3-4H2,2H3/q+1. The predicted octanol–water partition coefficient (Wildman–Crippen LogP) is 0.857. The van der Waals surface area contributed by atoms with Crippen LogP contribution in [0.5, 0.6) is 0 Å². The summed E-state index contributed by atoms with van der Waals surface area (Å²) in [6.07, 6.45) is 0. The number of rotatable bonds is 2. The maximum Gasteiger partial charge on any atom is 0.184 e. The quantitative estimate of drug-likeness (QED) is 0.440. The molecular weight excluding hydrogens is 64.0 g/mol. The Balaban J connectivity index is 2.19. The highest BCUT2D eigenvalue weighted by molar-refractivity contribution is 4.24. The zero-order valence-corrected chi connectivity index (χ0v) is 3.53. The first-order valence-corrected chi connectivity index (χ1v) is 1.78. The van der Waals surface area contributed by atoms with Crippen LogP contribution in [0.1, 0.15) is 6.92 Å². The van der Waals surface area contributed by atoms with Gasteiger partial charge in [-0.15, -0.1) is 0 Å². The van der Waals surface area contributed by atoms with E-state index in [4.69, 9.17) is 4.74 Å². The molecule has 0 saturated heterocycles. The Morgan fingerprint density at radius 1 is 1.80 bits per heavy atom. The molecule has 1 nitrogen and oxygen atoms in total. The lowest BCUT2D eigenvalue weighted by Gasteiger charge is -1.80. The Morgan fingerprint density at radius 2 is 2.40 bits per heavy atom. The average molecular weight is 73.1 g/mol. The van der Waals surface area contributed by atoms with Gasteiger partial charge in [-0.05, 0) is 6.92 Å². The lowest BCUT2D eigenvalue weighted by Crippen LogP contribution is -1.84. The van der Waals surface area contributed by atoms with Gasteiger partial charge in [0.05, 0.1) is 6.92 Å². The molecule has 0 aliphatic heterocycles. The second-order valence-corrected chi connectivity index (χ2v) is 0.697. The molecule has 0 spiro atoms. The van der Waals surface area contributed by atoms with Crippen molar-refractivity contribution >= 4 is 0 Å². The van der Waals surface area contributed by atoms with E-state index in [1.807, 2.05) is 6.92 Å². The first-order chi connectivity index (χ1) is 2.41. The summed E-state index contributed by atoms with van der Waals surface area (Å²) in [5.41, 5.74) is 0. The SMILES string of the molecule is [CH2+]COCC. The zero-order chi connectivity index (χ0) is 4.12. The van der Waals surface area contributed by atoms with E-state index in [-0.39, 0.29) is 0 Å². The summed E-state index contributed by atoms with van der Waals surface area (Å²) in [6.45, 7) is 6.78. The molecule has 0 aromatic heterocycles. The van der Waals surface area contributed by atoms with E-state index in [1.165, 1.54) is 0 Å². The second kappa shape index (κ2) is 3.83. The van der Waals surface area contributed by atoms with E-state index in [0.29, 0.717) is 6.61 Å². The van der Waals surface area contributed by atoms with Crippen molar-refractivity contribution in [2.24, 2.45) is 0 Å². The number of hydrogen-bond donors (Lipinski definition) is 0. The highest BCUT2D eigenvalue weighted by atomic mass is 16.5. The van der Waals surface area contributed by atoms with Gasteiger partial charge in [0.2, 0.25) is 0 Å². The van der Waals surface area contributed by atoms with Gasteiger partial charge in [0, 0.05) is 6.61 Å². The largest absolute Gasteiger partial charge is 0.340 e. The third-order valence-electron chi connectivity index (χ3n) is 0.348. The molecule has 0 aromatic carbocycles. The van der Waals surface area contributed by atoms with Gasteiger partial charge in [-0.25, -0.2) is 0 Å². The van der Waals surface area contributed by atoms with Gasteiger partial charge in [0.1, 0.15) is 0 Å². The van der Waals surface area contributed by atoms with Crippen LogP contribution < -0.4 is 0 Å². The molecule has 5 heavy (non-hydrogen) atoms. The van der Waals surface area contributed by atoms with Crippen molar-refractivity contribution in [3.63, 3.8) is 0 Å². The van der Waals surface area contributed by atoms with Gasteiger partial charge in [0.25, 0.3) is 0 Å². The second-order valence-electron chi connectivity index (χ2n) is 0.697. The minimum atomic E-state index is 0.594. The smallest absolute Gasteiger partial charge is 0.184 e. The third-order valence-corrected chi connectivity index (χ3v) is 0.348. The molecule has 0 aliphatic carbocycles. The number of ether oxygens (including phenoxy) is 1. The van der Waals surface area contributed by atoms with Crippen molar-refractivity contribution in [2.75, 3.05) is 13.2 Å². The number of hydrogen-bond acceptors (Lipinski definition) is 1. The first kappa shape index (κ1) is 4.83. The Kier molecular flexibility index (Phi) is 3.70. The van der Waals surface area contributed by atoms with Crippen LogP contribution in [0.3, 0.4) is 0 Å². The lowest BCUT2D eigenvalue weighted by molar-refractivity contribution is 0.176. The lowest BCUT2D eigenvalue weighted by atomic mass is 10.8. The molecule has 0 aromatic rings. The van der Waals surface area contributed by atoms with Crippen LogP contribution in [0, 0.1) is 6.92 Å². The maximum atomic E-state index is 4.72. The molecule has 0 N–H and O–H groups in total. The molecule has 0 fully saturated rings. The normalized spacial score (nSPS) is 8.20. The molecule has 0 atom stereocenters. The Labute approximate surface area is 32.9 Å². The summed E-state index contributed by atoms with van der Waals surface area (Å²) < 4.78 is 4.72. The molecule has 0 aliphatic rings. The highest BCUT2D eigenvalue weighted by Gasteiger charge is 1.70. The molecule has 0 radical (unpaired) electrons. The van der Waals surface area contributed by atoms with Crippen LogP contribution in [0.4, 0.5) is 0 Å². The van der Waals surface area contributed by atoms with Crippen LogP contribution in [-0.2, 0) is 4.74 Å². The predicted molar refractivity (Wildman–Crippen MR) is 21.8 cm³/mol. The molecule has 30 valence electrons. The van der Waals surface area contributed by atoms with Gasteiger partial charge in [-0.3, -0.25) is 0 Å². The summed E-state index contributed by atoms with van der Waals surface area (Å²) in [6, 6.07) is 0. The Hall–Kier alpha value is -0.170. The van der Waals surface area contributed by atoms with E-state index in [1.54, 1.807) is 0 Å². The summed E-state index contributed by atoms with van der Waals surface area (Å²) in [7, 11) is 0. The van der Waals surface area contributed by atoms with E-state index in [0.717, 1.165) is 6.61 Å². The van der Waals surface area contributed by atoms with Gasteiger partial charge in [0.15, 0.2) is 6.61 Å². The molecule has 0 rings (SSSR count). The first-order valence-electron chi connectivity index (χ1n) is 1.78. The fraction of sp³-hybridized carbons (Fsp3) is 0.750. The fourth-order valence-electron chi connectivity index (χ4n) is 0.144. The molecule has 0 heterocycles. The van der Waals surface area contributed by atoms with Crippen molar-refractivity contribution in [3.8, 4) is 0 Å². The van der Waals surface area contributed by atoms with Crippen molar-refractivity contribution in [1.82, 2.24) is 0 Å². The van der Waals surface area contributed by atoms with Crippen molar-refractivity contribution in [2.45, 2.75) is 6.92 Å². The summed E-state index contributed by atoms with van der Waals surface area (Å²) in [4.78, 5) is 0. The minimum absolute atomic E-state index is 0.594. The molecule has 0 unspecified atom stereocenters. The minimum Gasteiger partial charge on any atom is -0.340 e. The molecule has 0 amide bonds. The van der Waals surface area contributed by atoms with Crippen LogP contribution >= 0.6 is 0 Å². The van der Waals surface area contributed by atoms with Crippen molar-refractivity contribution < 1.29 is 4.74 Å². The maximum absolute atomic E-state index is 4.72. The zero-order valence-electron chi connectivity index (χ0n) is 3.53. The highest BCUT2D eigenvalue weighted by Crippen LogP contribution is 1.63. The third kappa shape index (κ3) is 3.83. The Morgan fingerprint density at radius 3 is 2.40 bits per heavy atom. The van der Waals surface area contributed by atoms with Crippen molar-refractivity contribution in [3.05, 3.63) is 6.92 Å². The van der Waals surface area contributed by atoms with Gasteiger partial charge >= 0.3 is 0 Å². The van der Waals surface area contributed by atoms with E-state index in [2.05, 4.69) is 6.92 Å². The van der Waals surface area contributed by atoms with E-state index < -0.39 is 0 Å². The summed E-state index contributed by atoms with van der Waals surface area (Å²) in [5.74, 6) is 0. The fourth-order valence-corrected chi connectivity index (χ4v) is 0.144. The van der Waals surface area contributed by atoms with Gasteiger partial charge in [-0.1, -0.05) is 0 Å². The van der Waals surface area contributed by atoms with Gasteiger partial charge < -0.3 is 4.74 Å². The summed E-state index contributed by atoms with van der Waals surface area (Å²) >= 11 is 0. The van der Waals surface area contributed by atoms with Crippen LogP contribution in [0.2, 0.25) is 0 Å². The average Bonchev–Trinajstić information content (AvgIpc) is 1.41. The molecule has 1 heteroatoms. The van der Waals surface area contributed by atoms with Crippen LogP contribution in [-0.4, -0.2) is 13.2 Å². The van der Waals surface area contributed by atoms with Crippen LogP contribution in [0.25, 0.3) is 0 Å².